The van der Waals surface area contributed by atoms with Crippen molar-refractivity contribution in [3.63, 3.8) is 0 Å². The maximum atomic E-state index is 13.4. The average Bonchev–Trinajstić information content (AvgIpc) is 2.93. The Morgan fingerprint density at radius 3 is 2.68 bits per heavy atom. The number of piperidine rings is 1. The van der Waals surface area contributed by atoms with Gasteiger partial charge in [-0.15, -0.1) is 13.2 Å². The largest absolute Gasteiger partial charge is 0.487 e. The summed E-state index contributed by atoms with van der Waals surface area (Å²) in [6.07, 6.45) is -0.431. The molecule has 3 rings (SSSR count). The second-order valence-corrected chi connectivity index (χ2v) is 6.56. The molecule has 2 saturated heterocycles. The van der Waals surface area contributed by atoms with E-state index in [1.54, 1.807) is 0 Å². The van der Waals surface area contributed by atoms with Crippen molar-refractivity contribution < 1.29 is 22.8 Å². The van der Waals surface area contributed by atoms with Gasteiger partial charge in [0.2, 0.25) is 11.8 Å². The summed E-state index contributed by atoms with van der Waals surface area (Å²) in [6.45, 7) is -0.772. The van der Waals surface area contributed by atoms with Crippen molar-refractivity contribution in [1.82, 2.24) is 19.8 Å². The second kappa shape index (κ2) is 6.78. The first-order valence-electron chi connectivity index (χ1n) is 7.90. The quantitative estimate of drug-likeness (QED) is 0.760. The molecule has 136 valence electrons. The fourth-order valence-electron chi connectivity index (χ4n) is 3.39. The first-order chi connectivity index (χ1) is 11.8. The summed E-state index contributed by atoms with van der Waals surface area (Å²) < 4.78 is 40.3. The van der Waals surface area contributed by atoms with E-state index < -0.39 is 24.7 Å². The highest BCUT2D eigenvalue weighted by molar-refractivity contribution is 6.29. The lowest BCUT2D eigenvalue weighted by Gasteiger charge is -2.37. The number of halogens is 4. The minimum absolute atomic E-state index is 0.0309. The van der Waals surface area contributed by atoms with E-state index in [1.165, 1.54) is 17.3 Å². The van der Waals surface area contributed by atoms with Crippen molar-refractivity contribution >= 4 is 23.4 Å². The number of rotatable bonds is 3. The van der Waals surface area contributed by atoms with E-state index in [0.717, 1.165) is 0 Å². The van der Waals surface area contributed by atoms with Crippen LogP contribution in [0.4, 0.5) is 13.2 Å². The number of amides is 2. The maximum Gasteiger partial charge on any atom is 0.487 e. The van der Waals surface area contributed by atoms with Crippen LogP contribution in [0.25, 0.3) is 0 Å². The molecule has 0 N–H and O–H groups in total. The summed E-state index contributed by atoms with van der Waals surface area (Å²) in [7, 11) is 0. The van der Waals surface area contributed by atoms with Gasteiger partial charge in [-0.05, 0) is 19.3 Å². The number of carbonyl (C=O) groups is 2. The van der Waals surface area contributed by atoms with Crippen LogP contribution in [0, 0.1) is 5.92 Å². The second-order valence-electron chi connectivity index (χ2n) is 6.20. The van der Waals surface area contributed by atoms with E-state index in [2.05, 4.69) is 9.97 Å². The summed E-state index contributed by atoms with van der Waals surface area (Å²) in [6, 6.07) is 0.0466. The van der Waals surface area contributed by atoms with Gasteiger partial charge in [0.15, 0.2) is 5.15 Å². The lowest BCUT2D eigenvalue weighted by atomic mass is 9.92. The third-order valence-electron chi connectivity index (χ3n) is 4.67. The van der Waals surface area contributed by atoms with Crippen LogP contribution in [0.1, 0.15) is 31.4 Å². The van der Waals surface area contributed by atoms with E-state index in [-0.39, 0.29) is 34.2 Å². The highest BCUT2D eigenvalue weighted by Gasteiger charge is 2.46. The van der Waals surface area contributed by atoms with Crippen molar-refractivity contribution in [2.45, 2.75) is 44.6 Å². The summed E-state index contributed by atoms with van der Waals surface area (Å²) >= 11 is 5.77. The molecule has 0 aliphatic carbocycles. The van der Waals surface area contributed by atoms with Crippen LogP contribution in [-0.2, 0) is 16.1 Å². The van der Waals surface area contributed by atoms with Gasteiger partial charge in [-0.1, -0.05) is 11.6 Å². The Morgan fingerprint density at radius 2 is 2.00 bits per heavy atom. The Hall–Kier alpha value is -1.90. The van der Waals surface area contributed by atoms with E-state index in [9.17, 15) is 22.8 Å². The van der Waals surface area contributed by atoms with E-state index in [0.29, 0.717) is 25.7 Å². The SMILES string of the molecule is O=C1CC[C@H]2CC[C@@H](C(=O)N(Cc3nccnc3Cl)C(F)(F)F)CN12. The van der Waals surface area contributed by atoms with Crippen LogP contribution in [-0.4, -0.2) is 50.5 Å². The van der Waals surface area contributed by atoms with Gasteiger partial charge >= 0.3 is 6.30 Å². The Morgan fingerprint density at radius 1 is 1.28 bits per heavy atom. The molecule has 0 aromatic carbocycles. The Kier molecular flexibility index (Phi) is 4.86. The predicted octanol–water partition coefficient (Wildman–Crippen LogP) is 2.38. The first-order valence-corrected chi connectivity index (χ1v) is 8.28. The Balaban J connectivity index is 1.78. The molecule has 2 fully saturated rings. The number of hydrogen-bond acceptors (Lipinski definition) is 4. The maximum absolute atomic E-state index is 13.4. The Bertz CT molecular complexity index is 685. The molecule has 0 radical (unpaired) electrons. The molecule has 0 saturated carbocycles. The lowest BCUT2D eigenvalue weighted by molar-refractivity contribution is -0.246. The molecule has 2 aliphatic heterocycles. The lowest BCUT2D eigenvalue weighted by Crippen LogP contribution is -2.51. The third kappa shape index (κ3) is 3.70. The number of nitrogens with zero attached hydrogens (tertiary/aromatic N) is 4. The van der Waals surface area contributed by atoms with Gasteiger partial charge in [0, 0.05) is 31.4 Å². The molecule has 2 amide bonds. The van der Waals surface area contributed by atoms with E-state index >= 15 is 0 Å². The molecule has 2 aliphatic rings. The van der Waals surface area contributed by atoms with Crippen LogP contribution in [0.2, 0.25) is 5.15 Å². The average molecular weight is 377 g/mol. The Labute approximate surface area is 147 Å². The number of hydrogen-bond donors (Lipinski definition) is 0. The normalized spacial score (nSPS) is 23.5. The van der Waals surface area contributed by atoms with Crippen LogP contribution in [0.15, 0.2) is 12.4 Å². The summed E-state index contributed by atoms with van der Waals surface area (Å²) in [4.78, 5) is 33.2. The number of aromatic nitrogens is 2. The third-order valence-corrected chi connectivity index (χ3v) is 4.99. The van der Waals surface area contributed by atoms with Crippen molar-refractivity contribution in [1.29, 1.82) is 0 Å². The summed E-state index contributed by atoms with van der Waals surface area (Å²) in [5.74, 6) is -2.04. The molecule has 0 spiro atoms. The molecule has 2 atom stereocenters. The monoisotopic (exact) mass is 376 g/mol. The zero-order valence-electron chi connectivity index (χ0n) is 13.2. The highest BCUT2D eigenvalue weighted by Crippen LogP contribution is 2.34. The number of fused-ring (bicyclic) bond motifs is 1. The highest BCUT2D eigenvalue weighted by atomic mass is 35.5. The van der Waals surface area contributed by atoms with E-state index in [1.807, 2.05) is 0 Å². The van der Waals surface area contributed by atoms with Gasteiger partial charge in [-0.25, -0.2) is 9.88 Å². The van der Waals surface area contributed by atoms with Gasteiger partial charge in [-0.3, -0.25) is 14.6 Å². The molecular formula is C15H16ClF3N4O2. The number of carbonyl (C=O) groups excluding carboxylic acids is 2. The molecule has 1 aromatic rings. The fourth-order valence-corrected chi connectivity index (χ4v) is 3.55. The molecule has 0 bridgehead atoms. The van der Waals surface area contributed by atoms with Crippen LogP contribution in [0.3, 0.4) is 0 Å². The first kappa shape index (κ1) is 17.9. The van der Waals surface area contributed by atoms with Crippen LogP contribution in [0.5, 0.6) is 0 Å². The topological polar surface area (TPSA) is 66.4 Å². The molecule has 10 heteroatoms. The van der Waals surface area contributed by atoms with E-state index in [4.69, 9.17) is 11.6 Å². The summed E-state index contributed by atoms with van der Waals surface area (Å²) in [5, 5.41) is -0.178. The zero-order chi connectivity index (χ0) is 18.2. The van der Waals surface area contributed by atoms with Gasteiger partial charge < -0.3 is 4.90 Å². The van der Waals surface area contributed by atoms with Crippen molar-refractivity contribution in [3.8, 4) is 0 Å². The van der Waals surface area contributed by atoms with Gasteiger partial charge in [0.05, 0.1) is 18.2 Å². The van der Waals surface area contributed by atoms with Crippen LogP contribution < -0.4 is 0 Å². The number of alkyl halides is 3. The summed E-state index contributed by atoms with van der Waals surface area (Å²) in [5.41, 5.74) is -0.124. The van der Waals surface area contributed by atoms with Crippen molar-refractivity contribution in [2.75, 3.05) is 6.54 Å². The fraction of sp³-hybridized carbons (Fsp3) is 0.600. The van der Waals surface area contributed by atoms with Crippen LogP contribution >= 0.6 is 11.6 Å². The van der Waals surface area contributed by atoms with Gasteiger partial charge in [0.25, 0.3) is 0 Å². The van der Waals surface area contributed by atoms with Gasteiger partial charge in [-0.2, -0.15) is 0 Å². The molecule has 0 unspecified atom stereocenters. The predicted molar refractivity (Wildman–Crippen MR) is 81.1 cm³/mol. The van der Waals surface area contributed by atoms with Crippen molar-refractivity contribution in [3.05, 3.63) is 23.2 Å². The standard InChI is InChI=1S/C15H16ClF3N4O2/c16-13-11(20-5-6-21-13)8-23(15(17,18)19)14(25)9-1-2-10-3-4-12(24)22(10)7-9/h5-6,9-10H,1-4,7-8H2/t9-,10-/m1/s1. The molecule has 6 nitrogen and oxygen atoms in total. The zero-order valence-corrected chi connectivity index (χ0v) is 13.9. The molecule has 25 heavy (non-hydrogen) atoms. The molecule has 3 heterocycles. The molecule has 1 aromatic heterocycles. The molecular weight excluding hydrogens is 361 g/mol. The smallest absolute Gasteiger partial charge is 0.339 e. The van der Waals surface area contributed by atoms with Crippen molar-refractivity contribution in [2.24, 2.45) is 5.92 Å². The minimum atomic E-state index is -4.87. The van der Waals surface area contributed by atoms with Gasteiger partial charge in [0.1, 0.15) is 0 Å². The minimum Gasteiger partial charge on any atom is -0.339 e.